The van der Waals surface area contributed by atoms with Gasteiger partial charge < -0.3 is 15.1 Å². The topological polar surface area (TPSA) is 63.0 Å². The van der Waals surface area contributed by atoms with E-state index in [0.29, 0.717) is 24.5 Å². The fraction of sp³-hybridized carbons (Fsp3) is 0.833. The highest BCUT2D eigenvalue weighted by Gasteiger charge is 2.36. The van der Waals surface area contributed by atoms with Gasteiger partial charge in [-0.05, 0) is 38.5 Å². The summed E-state index contributed by atoms with van der Waals surface area (Å²) in [5.41, 5.74) is 0.216. The minimum Gasteiger partial charge on any atom is -0.407 e. The quantitative estimate of drug-likeness (QED) is 0.791. The molecular weight excluding hydrogens is 216 g/mol. The molecule has 2 N–H and O–H groups in total. The summed E-state index contributed by atoms with van der Waals surface area (Å²) in [5.74, 6) is 0.685. The van der Waals surface area contributed by atoms with Gasteiger partial charge >= 0.3 is 6.01 Å². The van der Waals surface area contributed by atoms with E-state index in [9.17, 15) is 0 Å². The van der Waals surface area contributed by atoms with E-state index in [-0.39, 0.29) is 5.54 Å². The van der Waals surface area contributed by atoms with Crippen LogP contribution in [0.4, 0.5) is 6.01 Å². The van der Waals surface area contributed by atoms with Gasteiger partial charge in [0.2, 0.25) is 5.89 Å². The molecular formula is C12H20N4O. The largest absolute Gasteiger partial charge is 0.407 e. The third-order valence-corrected chi connectivity index (χ3v) is 3.95. The third-order valence-electron chi connectivity index (χ3n) is 3.95. The van der Waals surface area contributed by atoms with Gasteiger partial charge in [-0.25, -0.2) is 0 Å². The van der Waals surface area contributed by atoms with E-state index < -0.39 is 0 Å². The molecule has 0 unspecified atom stereocenters. The second-order valence-corrected chi connectivity index (χ2v) is 5.27. The van der Waals surface area contributed by atoms with Crippen molar-refractivity contribution in [2.24, 2.45) is 0 Å². The molecule has 0 saturated heterocycles. The highest BCUT2D eigenvalue weighted by molar-refractivity contribution is 5.26. The second-order valence-electron chi connectivity index (χ2n) is 5.27. The summed E-state index contributed by atoms with van der Waals surface area (Å²) in [5, 5.41) is 14.9. The average molecular weight is 236 g/mol. The van der Waals surface area contributed by atoms with E-state index in [0.717, 1.165) is 6.42 Å². The molecule has 0 amide bonds. The zero-order valence-electron chi connectivity index (χ0n) is 10.3. The molecule has 1 heterocycles. The first kappa shape index (κ1) is 11.0. The van der Waals surface area contributed by atoms with Crippen LogP contribution < -0.4 is 10.6 Å². The van der Waals surface area contributed by atoms with Gasteiger partial charge in [0.05, 0.1) is 6.54 Å². The van der Waals surface area contributed by atoms with Gasteiger partial charge in [0.25, 0.3) is 0 Å². The Morgan fingerprint density at radius 3 is 2.76 bits per heavy atom. The van der Waals surface area contributed by atoms with Gasteiger partial charge in [0.15, 0.2) is 0 Å². The maximum Gasteiger partial charge on any atom is 0.315 e. The van der Waals surface area contributed by atoms with Crippen molar-refractivity contribution in [2.75, 3.05) is 5.32 Å². The fourth-order valence-corrected chi connectivity index (χ4v) is 2.29. The maximum absolute atomic E-state index is 5.60. The Kier molecular flexibility index (Phi) is 2.78. The lowest BCUT2D eigenvalue weighted by Crippen LogP contribution is -2.44. The van der Waals surface area contributed by atoms with E-state index in [1.165, 1.54) is 32.1 Å². The van der Waals surface area contributed by atoms with Crippen LogP contribution in [0.1, 0.15) is 51.3 Å². The Labute approximate surface area is 101 Å². The van der Waals surface area contributed by atoms with Crippen LogP contribution in [0.3, 0.4) is 0 Å². The van der Waals surface area contributed by atoms with E-state index in [2.05, 4.69) is 27.8 Å². The minimum absolute atomic E-state index is 0.216. The molecule has 1 aromatic rings. The van der Waals surface area contributed by atoms with Gasteiger partial charge in [-0.2, -0.15) is 0 Å². The summed E-state index contributed by atoms with van der Waals surface area (Å²) >= 11 is 0. The first-order chi connectivity index (χ1) is 8.30. The van der Waals surface area contributed by atoms with Gasteiger partial charge in [0, 0.05) is 11.6 Å². The molecule has 0 atom stereocenters. The first-order valence-corrected chi connectivity index (χ1v) is 6.64. The number of anilines is 1. The average Bonchev–Trinajstić information content (AvgIpc) is 3.01. The molecule has 0 aliphatic heterocycles. The number of hydrogen-bond donors (Lipinski definition) is 2. The third kappa shape index (κ3) is 2.44. The molecule has 0 radical (unpaired) electrons. The molecule has 2 aliphatic carbocycles. The standard InChI is InChI=1S/C12H20N4O/c1-2-12(6-3-7-12)14-11-16-15-10(17-11)8-13-9-4-5-9/h9,13H,2-8H2,1H3,(H,14,16). The number of rotatable bonds is 6. The second kappa shape index (κ2) is 4.29. The molecule has 2 fully saturated rings. The van der Waals surface area contributed by atoms with Crippen LogP contribution in [0.25, 0.3) is 0 Å². The molecule has 5 heteroatoms. The van der Waals surface area contributed by atoms with Crippen molar-refractivity contribution in [3.8, 4) is 0 Å². The van der Waals surface area contributed by atoms with E-state index in [1.807, 2.05) is 0 Å². The predicted octanol–water partition coefficient (Wildman–Crippen LogP) is 2.07. The van der Waals surface area contributed by atoms with Crippen molar-refractivity contribution in [2.45, 2.75) is 63.6 Å². The normalized spacial score (nSPS) is 22.2. The van der Waals surface area contributed by atoms with Gasteiger partial charge in [0.1, 0.15) is 0 Å². The van der Waals surface area contributed by atoms with Gasteiger partial charge in [-0.1, -0.05) is 12.0 Å². The van der Waals surface area contributed by atoms with Crippen LogP contribution in [-0.4, -0.2) is 21.8 Å². The predicted molar refractivity (Wildman–Crippen MR) is 64.7 cm³/mol. The molecule has 1 aromatic heterocycles. The molecule has 2 saturated carbocycles. The Morgan fingerprint density at radius 2 is 2.18 bits per heavy atom. The van der Waals surface area contributed by atoms with Crippen molar-refractivity contribution in [1.82, 2.24) is 15.5 Å². The van der Waals surface area contributed by atoms with E-state index in [4.69, 9.17) is 4.42 Å². The number of hydrogen-bond acceptors (Lipinski definition) is 5. The zero-order chi connectivity index (χ0) is 11.7. The van der Waals surface area contributed by atoms with Gasteiger partial charge in [-0.3, -0.25) is 0 Å². The summed E-state index contributed by atoms with van der Waals surface area (Å²) in [6.45, 7) is 2.90. The van der Waals surface area contributed by atoms with Crippen LogP contribution in [-0.2, 0) is 6.54 Å². The monoisotopic (exact) mass is 236 g/mol. The van der Waals surface area contributed by atoms with Gasteiger partial charge in [-0.15, -0.1) is 5.10 Å². The highest BCUT2D eigenvalue weighted by Crippen LogP contribution is 2.37. The van der Waals surface area contributed by atoms with Crippen LogP contribution >= 0.6 is 0 Å². The van der Waals surface area contributed by atoms with Crippen molar-refractivity contribution >= 4 is 6.01 Å². The molecule has 3 rings (SSSR count). The van der Waals surface area contributed by atoms with Crippen LogP contribution in [0, 0.1) is 0 Å². The molecule has 94 valence electrons. The Hall–Kier alpha value is -1.10. The molecule has 5 nitrogen and oxygen atoms in total. The molecule has 17 heavy (non-hydrogen) atoms. The summed E-state index contributed by atoms with van der Waals surface area (Å²) in [4.78, 5) is 0. The van der Waals surface area contributed by atoms with Crippen molar-refractivity contribution in [3.05, 3.63) is 5.89 Å². The molecule has 2 aliphatic rings. The van der Waals surface area contributed by atoms with Crippen LogP contribution in [0.15, 0.2) is 4.42 Å². The zero-order valence-corrected chi connectivity index (χ0v) is 10.3. The maximum atomic E-state index is 5.60. The molecule has 0 spiro atoms. The Bertz CT molecular complexity index is 376. The SMILES string of the molecule is CCC1(Nc2nnc(CNC3CC3)o2)CCC1. The molecule has 0 bridgehead atoms. The van der Waals surface area contributed by atoms with Crippen molar-refractivity contribution in [3.63, 3.8) is 0 Å². The summed E-state index contributed by atoms with van der Waals surface area (Å²) in [6.07, 6.45) is 7.38. The smallest absolute Gasteiger partial charge is 0.315 e. The fourth-order valence-electron chi connectivity index (χ4n) is 2.29. The Morgan fingerprint density at radius 1 is 1.35 bits per heavy atom. The van der Waals surface area contributed by atoms with Crippen molar-refractivity contribution < 1.29 is 4.42 Å². The van der Waals surface area contributed by atoms with Crippen molar-refractivity contribution in [1.29, 1.82) is 0 Å². The number of aromatic nitrogens is 2. The lowest BCUT2D eigenvalue weighted by Gasteiger charge is -2.41. The first-order valence-electron chi connectivity index (χ1n) is 6.64. The molecule has 0 aromatic carbocycles. The van der Waals surface area contributed by atoms with E-state index in [1.54, 1.807) is 0 Å². The summed E-state index contributed by atoms with van der Waals surface area (Å²) in [6, 6.07) is 1.26. The lowest BCUT2D eigenvalue weighted by molar-refractivity contribution is 0.261. The van der Waals surface area contributed by atoms with Crippen LogP contribution in [0.2, 0.25) is 0 Å². The lowest BCUT2D eigenvalue weighted by atomic mass is 9.75. The van der Waals surface area contributed by atoms with Crippen LogP contribution in [0.5, 0.6) is 0 Å². The Balaban J connectivity index is 1.55. The number of nitrogens with one attached hydrogen (secondary N) is 2. The highest BCUT2D eigenvalue weighted by atomic mass is 16.4. The minimum atomic E-state index is 0.216. The summed E-state index contributed by atoms with van der Waals surface area (Å²) < 4.78 is 5.60. The number of nitrogens with zero attached hydrogens (tertiary/aromatic N) is 2. The van der Waals surface area contributed by atoms with E-state index >= 15 is 0 Å². The summed E-state index contributed by atoms with van der Waals surface area (Å²) in [7, 11) is 0.